The molecule has 0 radical (unpaired) electrons. The second-order valence-corrected chi connectivity index (χ2v) is 7.08. The van der Waals surface area contributed by atoms with Gasteiger partial charge in [0.05, 0.1) is 33.2 Å². The van der Waals surface area contributed by atoms with Crippen LogP contribution in [0.2, 0.25) is 0 Å². The van der Waals surface area contributed by atoms with Crippen LogP contribution in [0, 0.1) is 0 Å². The van der Waals surface area contributed by atoms with Crippen LogP contribution < -0.4 is 0 Å². The van der Waals surface area contributed by atoms with Crippen molar-refractivity contribution in [1.82, 2.24) is 0 Å². The van der Waals surface area contributed by atoms with E-state index in [0.717, 1.165) is 28.9 Å². The Morgan fingerprint density at radius 3 is 2.09 bits per heavy atom. The Bertz CT molecular complexity index is 574. The molecule has 128 valence electrons. The van der Waals surface area contributed by atoms with Gasteiger partial charge in [0.15, 0.2) is 5.76 Å². The summed E-state index contributed by atoms with van der Waals surface area (Å²) in [6.07, 6.45) is 0. The molecule has 3 nitrogen and oxygen atoms in total. The van der Waals surface area contributed by atoms with Crippen molar-refractivity contribution in [1.29, 1.82) is 0 Å². The maximum absolute atomic E-state index is 6.06. The van der Waals surface area contributed by atoms with Crippen molar-refractivity contribution in [3.63, 3.8) is 0 Å². The minimum Gasteiger partial charge on any atom is -0.455 e. The summed E-state index contributed by atoms with van der Waals surface area (Å²) in [6.45, 7) is 17.5. The third-order valence-corrected chi connectivity index (χ3v) is 5.90. The fourth-order valence-corrected chi connectivity index (χ4v) is 3.44. The predicted octanol–water partition coefficient (Wildman–Crippen LogP) is 4.28. The van der Waals surface area contributed by atoms with Gasteiger partial charge in [0.1, 0.15) is 25.2 Å². The molecule has 0 N–H and O–H groups in total. The van der Waals surface area contributed by atoms with E-state index in [0.29, 0.717) is 0 Å². The number of quaternary nitrogens is 2. The fraction of sp³-hybridized carbons (Fsp3) is 0.600. The second kappa shape index (κ2) is 7.50. The number of hydrogen-bond donors (Lipinski definition) is 0. The average molecular weight is 319 g/mol. The first-order valence-corrected chi connectivity index (χ1v) is 9.16. The number of nitrogens with zero attached hydrogens (tertiary/aromatic N) is 2. The SMILES string of the molecule is CC[N+](CC)(CC)CC[N@@+](C)(CC)Cc1cc2ccccc2o1. The highest BCUT2D eigenvalue weighted by Gasteiger charge is 2.29. The zero-order chi connectivity index (χ0) is 16.9. The molecule has 0 bridgehead atoms. The first-order valence-electron chi connectivity index (χ1n) is 9.16. The molecule has 1 aromatic carbocycles. The highest BCUT2D eigenvalue weighted by Crippen LogP contribution is 2.22. The molecular formula is C20H34N2O+2. The van der Waals surface area contributed by atoms with E-state index in [1.54, 1.807) is 0 Å². The Kier molecular flexibility index (Phi) is 5.88. The van der Waals surface area contributed by atoms with Crippen LogP contribution in [0.15, 0.2) is 34.7 Å². The van der Waals surface area contributed by atoms with Crippen molar-refractivity contribution in [3.8, 4) is 0 Å². The Hall–Kier alpha value is -1.32. The molecule has 3 heteroatoms. The first-order chi connectivity index (χ1) is 11.0. The van der Waals surface area contributed by atoms with Gasteiger partial charge in [0, 0.05) is 5.39 Å². The molecule has 0 aliphatic heterocycles. The van der Waals surface area contributed by atoms with E-state index in [1.807, 2.05) is 6.07 Å². The van der Waals surface area contributed by atoms with Crippen LogP contribution in [0.3, 0.4) is 0 Å². The van der Waals surface area contributed by atoms with E-state index in [4.69, 9.17) is 4.42 Å². The van der Waals surface area contributed by atoms with Gasteiger partial charge >= 0.3 is 0 Å². The predicted molar refractivity (Wildman–Crippen MR) is 98.3 cm³/mol. The van der Waals surface area contributed by atoms with E-state index < -0.39 is 0 Å². The molecule has 0 amide bonds. The van der Waals surface area contributed by atoms with Crippen molar-refractivity contribution in [2.45, 2.75) is 34.2 Å². The minimum absolute atomic E-state index is 0.975. The van der Waals surface area contributed by atoms with E-state index >= 15 is 0 Å². The normalized spacial score (nSPS) is 15.0. The van der Waals surface area contributed by atoms with Gasteiger partial charge in [-0.1, -0.05) is 18.2 Å². The molecule has 0 aliphatic carbocycles. The number of likely N-dealkylation sites (N-methyl/N-ethyl adjacent to an activating group) is 2. The lowest BCUT2D eigenvalue weighted by atomic mass is 10.2. The quantitative estimate of drug-likeness (QED) is 0.629. The van der Waals surface area contributed by atoms with Gasteiger partial charge in [-0.25, -0.2) is 0 Å². The monoisotopic (exact) mass is 318 g/mol. The van der Waals surface area contributed by atoms with Crippen LogP contribution in [0.1, 0.15) is 33.5 Å². The smallest absolute Gasteiger partial charge is 0.159 e. The molecule has 0 fully saturated rings. The summed E-state index contributed by atoms with van der Waals surface area (Å²) in [5, 5.41) is 1.21. The van der Waals surface area contributed by atoms with Crippen molar-refractivity contribution in [3.05, 3.63) is 36.1 Å². The molecule has 1 heterocycles. The van der Waals surface area contributed by atoms with Gasteiger partial charge < -0.3 is 13.4 Å². The number of fused-ring (bicyclic) bond motifs is 1. The van der Waals surface area contributed by atoms with Gasteiger partial charge in [0.25, 0.3) is 0 Å². The minimum atomic E-state index is 0.975. The lowest BCUT2D eigenvalue weighted by Gasteiger charge is -2.40. The fourth-order valence-electron chi connectivity index (χ4n) is 3.44. The van der Waals surface area contributed by atoms with Gasteiger partial charge in [-0.15, -0.1) is 0 Å². The van der Waals surface area contributed by atoms with Crippen LogP contribution in [-0.2, 0) is 6.54 Å². The van der Waals surface area contributed by atoms with Gasteiger partial charge in [0.2, 0.25) is 0 Å². The van der Waals surface area contributed by atoms with Crippen molar-refractivity contribution in [2.24, 2.45) is 0 Å². The van der Waals surface area contributed by atoms with E-state index in [2.05, 4.69) is 59.0 Å². The molecule has 1 aromatic heterocycles. The maximum Gasteiger partial charge on any atom is 0.159 e. The Balaban J connectivity index is 2.10. The standard InChI is InChI=1S/C20H34N2O/c1-6-21(5,14-15-22(7-2,8-3)9-4)17-19-16-18-12-10-11-13-20(18)23-19/h10-13,16H,6-9,14-15,17H2,1-5H3/q+2/t21-/m1/s1. The summed E-state index contributed by atoms with van der Waals surface area (Å²) in [7, 11) is 2.36. The van der Waals surface area contributed by atoms with Crippen LogP contribution in [0.4, 0.5) is 0 Å². The summed E-state index contributed by atoms with van der Waals surface area (Å²) < 4.78 is 8.31. The number of benzene rings is 1. The molecule has 0 aliphatic rings. The van der Waals surface area contributed by atoms with E-state index in [1.165, 1.54) is 42.6 Å². The van der Waals surface area contributed by atoms with Crippen molar-refractivity contribution < 1.29 is 13.4 Å². The van der Waals surface area contributed by atoms with Crippen molar-refractivity contribution in [2.75, 3.05) is 46.3 Å². The van der Waals surface area contributed by atoms with Gasteiger partial charge in [-0.05, 0) is 39.8 Å². The lowest BCUT2D eigenvalue weighted by molar-refractivity contribution is -0.976. The maximum atomic E-state index is 6.06. The average Bonchev–Trinajstić information content (AvgIpc) is 2.98. The summed E-state index contributed by atoms with van der Waals surface area (Å²) in [4.78, 5) is 0. The first kappa shape index (κ1) is 18.0. The summed E-state index contributed by atoms with van der Waals surface area (Å²) in [5.41, 5.74) is 1.01. The Labute approximate surface area is 141 Å². The molecule has 1 atom stereocenters. The molecule has 0 unspecified atom stereocenters. The molecular weight excluding hydrogens is 284 g/mol. The summed E-state index contributed by atoms with van der Waals surface area (Å²) in [6, 6.07) is 10.5. The molecule has 2 rings (SSSR count). The molecule has 0 saturated carbocycles. The van der Waals surface area contributed by atoms with E-state index in [9.17, 15) is 0 Å². The highest BCUT2D eigenvalue weighted by atomic mass is 16.3. The molecule has 2 aromatic rings. The number of rotatable bonds is 9. The van der Waals surface area contributed by atoms with Crippen LogP contribution in [-0.4, -0.2) is 55.3 Å². The number of furan rings is 1. The second-order valence-electron chi connectivity index (χ2n) is 7.08. The van der Waals surface area contributed by atoms with Crippen LogP contribution >= 0.6 is 0 Å². The zero-order valence-electron chi connectivity index (χ0n) is 15.6. The molecule has 0 spiro atoms. The topological polar surface area (TPSA) is 13.1 Å². The van der Waals surface area contributed by atoms with Crippen molar-refractivity contribution >= 4 is 11.0 Å². The number of hydrogen-bond acceptors (Lipinski definition) is 1. The number of para-hydroxylation sites is 1. The Morgan fingerprint density at radius 2 is 1.52 bits per heavy atom. The lowest BCUT2D eigenvalue weighted by Crippen LogP contribution is -2.55. The Morgan fingerprint density at radius 1 is 0.870 bits per heavy atom. The molecule has 0 saturated heterocycles. The largest absolute Gasteiger partial charge is 0.455 e. The summed E-state index contributed by atoms with van der Waals surface area (Å²) in [5.74, 6) is 1.11. The van der Waals surface area contributed by atoms with Crippen LogP contribution in [0.5, 0.6) is 0 Å². The zero-order valence-corrected chi connectivity index (χ0v) is 15.6. The van der Waals surface area contributed by atoms with Gasteiger partial charge in [-0.2, -0.15) is 0 Å². The van der Waals surface area contributed by atoms with Crippen LogP contribution in [0.25, 0.3) is 11.0 Å². The third kappa shape index (κ3) is 4.15. The van der Waals surface area contributed by atoms with Gasteiger partial charge in [-0.3, -0.25) is 0 Å². The van der Waals surface area contributed by atoms with E-state index in [-0.39, 0.29) is 0 Å². The molecule has 23 heavy (non-hydrogen) atoms. The third-order valence-electron chi connectivity index (χ3n) is 5.90. The summed E-state index contributed by atoms with van der Waals surface area (Å²) >= 11 is 0. The highest BCUT2D eigenvalue weighted by molar-refractivity contribution is 5.77.